The van der Waals surface area contributed by atoms with Gasteiger partial charge in [-0.1, -0.05) is 0 Å². The summed E-state index contributed by atoms with van der Waals surface area (Å²) in [6.45, 7) is 0.435. The third kappa shape index (κ3) is 1.95. The highest BCUT2D eigenvalue weighted by atomic mass is 16.5. The van der Waals surface area contributed by atoms with E-state index in [1.807, 2.05) is 6.07 Å². The van der Waals surface area contributed by atoms with Crippen molar-refractivity contribution in [2.45, 2.75) is 6.42 Å². The minimum absolute atomic E-state index is 0.117. The number of phenols is 1. The van der Waals surface area contributed by atoms with Crippen LogP contribution in [0.1, 0.15) is 11.1 Å². The lowest BCUT2D eigenvalue weighted by molar-refractivity contribution is 0.405. The molecule has 0 atom stereocenters. The van der Waals surface area contributed by atoms with Crippen molar-refractivity contribution < 1.29 is 9.84 Å². The van der Waals surface area contributed by atoms with Crippen LogP contribution in [0, 0.1) is 11.3 Å². The summed E-state index contributed by atoms with van der Waals surface area (Å²) in [4.78, 5) is 0. The van der Waals surface area contributed by atoms with Gasteiger partial charge >= 0.3 is 0 Å². The van der Waals surface area contributed by atoms with E-state index < -0.39 is 0 Å². The lowest BCUT2D eigenvalue weighted by Crippen LogP contribution is -2.03. The van der Waals surface area contributed by atoms with Crippen molar-refractivity contribution in [2.75, 3.05) is 13.7 Å². The number of ether oxygens (including phenoxy) is 1. The van der Waals surface area contributed by atoms with E-state index in [1.54, 1.807) is 6.07 Å². The number of nitrogens with zero attached hydrogens (tertiary/aromatic N) is 1. The fraction of sp³-hybridized carbons (Fsp3) is 0.300. The van der Waals surface area contributed by atoms with Gasteiger partial charge in [-0.3, -0.25) is 0 Å². The van der Waals surface area contributed by atoms with Crippen LogP contribution < -0.4 is 10.5 Å². The van der Waals surface area contributed by atoms with Gasteiger partial charge in [-0.05, 0) is 24.6 Å². The monoisotopic (exact) mass is 192 g/mol. The standard InChI is InChI=1S/C10H12N2O2/c1-14-10-5-9(13)7(2-3-11)4-8(10)6-12/h4-5,13H,2-3,11H2,1H3. The third-order valence-corrected chi connectivity index (χ3v) is 1.93. The first-order valence-corrected chi connectivity index (χ1v) is 4.23. The van der Waals surface area contributed by atoms with Crippen LogP contribution in [0.15, 0.2) is 12.1 Å². The summed E-state index contributed by atoms with van der Waals surface area (Å²) in [5, 5.41) is 18.3. The molecule has 0 radical (unpaired) electrons. The van der Waals surface area contributed by atoms with E-state index >= 15 is 0 Å². The number of rotatable bonds is 3. The highest BCUT2D eigenvalue weighted by Crippen LogP contribution is 2.27. The molecule has 0 aliphatic rings. The molecule has 0 saturated heterocycles. The second kappa shape index (κ2) is 4.49. The molecule has 0 aromatic heterocycles. The zero-order valence-electron chi connectivity index (χ0n) is 7.95. The van der Waals surface area contributed by atoms with Crippen LogP contribution in [0.25, 0.3) is 0 Å². The Balaban J connectivity index is 3.18. The van der Waals surface area contributed by atoms with Crippen molar-refractivity contribution in [1.82, 2.24) is 0 Å². The predicted molar refractivity (Wildman–Crippen MR) is 52.1 cm³/mol. The number of nitrogens with two attached hydrogens (primary N) is 1. The summed E-state index contributed by atoms with van der Waals surface area (Å²) >= 11 is 0. The van der Waals surface area contributed by atoms with E-state index in [9.17, 15) is 5.11 Å². The Morgan fingerprint density at radius 3 is 2.79 bits per heavy atom. The number of benzene rings is 1. The van der Waals surface area contributed by atoms with Crippen molar-refractivity contribution in [1.29, 1.82) is 5.26 Å². The molecule has 1 rings (SSSR count). The van der Waals surface area contributed by atoms with Crippen molar-refractivity contribution in [3.63, 3.8) is 0 Å². The maximum atomic E-state index is 9.53. The van der Waals surface area contributed by atoms with E-state index in [4.69, 9.17) is 15.7 Å². The molecule has 4 nitrogen and oxygen atoms in total. The average molecular weight is 192 g/mol. The van der Waals surface area contributed by atoms with Crippen LogP contribution in [-0.4, -0.2) is 18.8 Å². The molecule has 0 spiro atoms. The Morgan fingerprint density at radius 1 is 1.57 bits per heavy atom. The van der Waals surface area contributed by atoms with Crippen LogP contribution in [-0.2, 0) is 6.42 Å². The number of hydrogen-bond donors (Lipinski definition) is 2. The smallest absolute Gasteiger partial charge is 0.140 e. The summed E-state index contributed by atoms with van der Waals surface area (Å²) < 4.78 is 4.94. The normalized spacial score (nSPS) is 9.50. The molecule has 0 bridgehead atoms. The maximum Gasteiger partial charge on any atom is 0.140 e. The summed E-state index contributed by atoms with van der Waals surface area (Å²) in [6, 6.07) is 5.03. The summed E-state index contributed by atoms with van der Waals surface area (Å²) in [6.07, 6.45) is 0.546. The Kier molecular flexibility index (Phi) is 3.32. The van der Waals surface area contributed by atoms with Crippen molar-refractivity contribution in [2.24, 2.45) is 5.73 Å². The van der Waals surface area contributed by atoms with Crippen molar-refractivity contribution in [3.8, 4) is 17.6 Å². The third-order valence-electron chi connectivity index (χ3n) is 1.93. The second-order valence-corrected chi connectivity index (χ2v) is 2.83. The number of nitriles is 1. The Bertz CT molecular complexity index is 369. The highest BCUT2D eigenvalue weighted by molar-refractivity contribution is 5.51. The minimum Gasteiger partial charge on any atom is -0.508 e. The van der Waals surface area contributed by atoms with Gasteiger partial charge in [0.2, 0.25) is 0 Å². The van der Waals surface area contributed by atoms with Gasteiger partial charge in [0.1, 0.15) is 17.6 Å². The topological polar surface area (TPSA) is 79.3 Å². The largest absolute Gasteiger partial charge is 0.508 e. The number of aromatic hydroxyl groups is 1. The van der Waals surface area contributed by atoms with Crippen LogP contribution in [0.5, 0.6) is 11.5 Å². The lowest BCUT2D eigenvalue weighted by Gasteiger charge is -2.07. The van der Waals surface area contributed by atoms with E-state index in [-0.39, 0.29) is 5.75 Å². The zero-order valence-corrected chi connectivity index (χ0v) is 7.95. The first-order valence-electron chi connectivity index (χ1n) is 4.23. The first kappa shape index (κ1) is 10.4. The Labute approximate surface area is 82.5 Å². The molecule has 4 heteroatoms. The maximum absolute atomic E-state index is 9.53. The quantitative estimate of drug-likeness (QED) is 0.741. The van der Waals surface area contributed by atoms with Gasteiger partial charge < -0.3 is 15.6 Å². The fourth-order valence-electron chi connectivity index (χ4n) is 1.23. The zero-order chi connectivity index (χ0) is 10.6. The number of phenolic OH excluding ortho intramolecular Hbond substituents is 1. The highest BCUT2D eigenvalue weighted by Gasteiger charge is 2.08. The summed E-state index contributed by atoms with van der Waals surface area (Å²) in [5.41, 5.74) is 6.45. The van der Waals surface area contributed by atoms with Crippen LogP contribution in [0.4, 0.5) is 0 Å². The first-order chi connectivity index (χ1) is 6.72. The molecule has 0 heterocycles. The van der Waals surface area contributed by atoms with E-state index in [1.165, 1.54) is 13.2 Å². The van der Waals surface area contributed by atoms with Gasteiger partial charge in [0, 0.05) is 6.07 Å². The van der Waals surface area contributed by atoms with Crippen LogP contribution >= 0.6 is 0 Å². The lowest BCUT2D eigenvalue weighted by atomic mass is 10.1. The molecule has 0 aliphatic heterocycles. The molecular weight excluding hydrogens is 180 g/mol. The molecule has 14 heavy (non-hydrogen) atoms. The SMILES string of the molecule is COc1cc(O)c(CCN)cc1C#N. The molecule has 0 saturated carbocycles. The summed E-state index contributed by atoms with van der Waals surface area (Å²) in [5.74, 6) is 0.497. The van der Waals surface area contributed by atoms with Gasteiger partial charge in [0.05, 0.1) is 12.7 Å². The molecule has 0 unspecified atom stereocenters. The Hall–Kier alpha value is -1.73. The van der Waals surface area contributed by atoms with E-state index in [0.29, 0.717) is 29.8 Å². The molecule has 0 fully saturated rings. The molecule has 1 aromatic rings. The van der Waals surface area contributed by atoms with Gasteiger partial charge in [-0.2, -0.15) is 5.26 Å². The number of hydrogen-bond acceptors (Lipinski definition) is 4. The van der Waals surface area contributed by atoms with Crippen LogP contribution in [0.3, 0.4) is 0 Å². The van der Waals surface area contributed by atoms with Gasteiger partial charge in [-0.25, -0.2) is 0 Å². The van der Waals surface area contributed by atoms with Crippen molar-refractivity contribution >= 4 is 0 Å². The molecule has 3 N–H and O–H groups in total. The fourth-order valence-corrected chi connectivity index (χ4v) is 1.23. The van der Waals surface area contributed by atoms with E-state index in [0.717, 1.165) is 0 Å². The molecule has 1 aromatic carbocycles. The molecule has 0 amide bonds. The molecular formula is C10H12N2O2. The second-order valence-electron chi connectivity index (χ2n) is 2.83. The average Bonchev–Trinajstić information content (AvgIpc) is 2.20. The molecule has 74 valence electrons. The van der Waals surface area contributed by atoms with Gasteiger partial charge in [-0.15, -0.1) is 0 Å². The molecule has 0 aliphatic carbocycles. The Morgan fingerprint density at radius 2 is 2.29 bits per heavy atom. The van der Waals surface area contributed by atoms with E-state index in [2.05, 4.69) is 0 Å². The summed E-state index contributed by atoms with van der Waals surface area (Å²) in [7, 11) is 1.46. The predicted octanol–water partition coefficient (Wildman–Crippen LogP) is 0.774. The van der Waals surface area contributed by atoms with Crippen LogP contribution in [0.2, 0.25) is 0 Å². The van der Waals surface area contributed by atoms with Gasteiger partial charge in [0.15, 0.2) is 0 Å². The number of methoxy groups -OCH3 is 1. The minimum atomic E-state index is 0.117. The van der Waals surface area contributed by atoms with Crippen molar-refractivity contribution in [3.05, 3.63) is 23.3 Å². The van der Waals surface area contributed by atoms with Gasteiger partial charge in [0.25, 0.3) is 0 Å².